The van der Waals surface area contributed by atoms with Crippen molar-refractivity contribution in [3.8, 4) is 5.75 Å². The second-order valence-electron chi connectivity index (χ2n) is 6.02. The Kier molecular flexibility index (Phi) is 3.57. The fourth-order valence-electron chi connectivity index (χ4n) is 3.64. The van der Waals surface area contributed by atoms with Gasteiger partial charge in [-0.25, -0.2) is 4.39 Å². The van der Waals surface area contributed by atoms with Crippen LogP contribution in [0, 0.1) is 21.3 Å². The third-order valence-electron chi connectivity index (χ3n) is 4.91. The fourth-order valence-corrected chi connectivity index (χ4v) is 3.64. The monoisotopic (exact) mass is 295 g/mol. The number of nitro benzene ring substituents is 1. The third kappa shape index (κ3) is 2.37. The zero-order valence-corrected chi connectivity index (χ0v) is 11.6. The van der Waals surface area contributed by atoms with Crippen LogP contribution in [-0.4, -0.2) is 22.2 Å². The van der Waals surface area contributed by atoms with Crippen LogP contribution in [0.2, 0.25) is 0 Å². The van der Waals surface area contributed by atoms with Crippen LogP contribution in [0.3, 0.4) is 0 Å². The van der Waals surface area contributed by atoms with E-state index in [0.29, 0.717) is 6.42 Å². The highest BCUT2D eigenvalue weighted by molar-refractivity contribution is 5.46. The summed E-state index contributed by atoms with van der Waals surface area (Å²) in [6.07, 6.45) is 4.69. The first-order valence-corrected chi connectivity index (χ1v) is 7.31. The van der Waals surface area contributed by atoms with E-state index < -0.39 is 16.8 Å². The molecule has 1 aromatic carbocycles. The third-order valence-corrected chi connectivity index (χ3v) is 4.91. The number of aliphatic hydroxyl groups is 1. The molecule has 1 aromatic rings. The molecule has 0 radical (unpaired) electrons. The van der Waals surface area contributed by atoms with E-state index >= 15 is 0 Å². The minimum atomic E-state index is -0.572. The van der Waals surface area contributed by atoms with Crippen molar-refractivity contribution in [1.82, 2.24) is 0 Å². The van der Waals surface area contributed by atoms with Gasteiger partial charge in [-0.2, -0.15) is 0 Å². The summed E-state index contributed by atoms with van der Waals surface area (Å²) in [5.41, 5.74) is -0.540. The van der Waals surface area contributed by atoms with Crippen molar-refractivity contribution in [2.75, 3.05) is 0 Å². The van der Waals surface area contributed by atoms with E-state index in [1.54, 1.807) is 0 Å². The highest BCUT2D eigenvalue weighted by Gasteiger charge is 2.56. The van der Waals surface area contributed by atoms with Crippen LogP contribution in [0.4, 0.5) is 10.1 Å². The van der Waals surface area contributed by atoms with E-state index in [4.69, 9.17) is 4.74 Å². The van der Waals surface area contributed by atoms with Gasteiger partial charge in [-0.15, -0.1) is 0 Å². The first kappa shape index (κ1) is 14.3. The average Bonchev–Trinajstić information content (AvgIpc) is 2.47. The average molecular weight is 295 g/mol. The van der Waals surface area contributed by atoms with Gasteiger partial charge in [0, 0.05) is 24.0 Å². The lowest BCUT2D eigenvalue weighted by atomic mass is 9.56. The van der Waals surface area contributed by atoms with Crippen molar-refractivity contribution < 1.29 is 19.2 Å². The van der Waals surface area contributed by atoms with E-state index in [1.165, 1.54) is 0 Å². The number of ether oxygens (including phenoxy) is 1. The number of benzene rings is 1. The topological polar surface area (TPSA) is 72.6 Å². The largest absolute Gasteiger partial charge is 0.483 e. The number of halogens is 1. The highest BCUT2D eigenvalue weighted by Crippen LogP contribution is 2.53. The Balaban J connectivity index is 1.84. The highest BCUT2D eigenvalue weighted by atomic mass is 19.1. The van der Waals surface area contributed by atoms with E-state index in [1.807, 2.05) is 0 Å². The Morgan fingerprint density at radius 1 is 1.33 bits per heavy atom. The zero-order valence-electron chi connectivity index (χ0n) is 11.6. The molecule has 0 heterocycles. The van der Waals surface area contributed by atoms with Gasteiger partial charge in [-0.1, -0.05) is 19.3 Å². The van der Waals surface area contributed by atoms with Crippen molar-refractivity contribution in [1.29, 1.82) is 0 Å². The molecular formula is C15H18FNO4. The number of nitro groups is 1. The second kappa shape index (κ2) is 5.26. The molecule has 1 N–H and O–H groups in total. The number of rotatable bonds is 3. The molecule has 114 valence electrons. The summed E-state index contributed by atoms with van der Waals surface area (Å²) in [6, 6.07) is 3.23. The molecule has 6 heteroatoms. The van der Waals surface area contributed by atoms with Gasteiger partial charge in [0.1, 0.15) is 11.9 Å². The standard InChI is InChI=1S/C15H18FNO4/c16-10-4-5-11(17(19)20)12(8-10)21-14-9-13(18)15(14)6-2-1-3-7-15/h4-5,8,13-14,18H,1-3,6-7,9H2. The first-order valence-electron chi connectivity index (χ1n) is 7.31. The van der Waals surface area contributed by atoms with Gasteiger partial charge < -0.3 is 9.84 Å². The minimum absolute atomic E-state index is 0.0400. The van der Waals surface area contributed by atoms with Crippen LogP contribution in [0.15, 0.2) is 18.2 Å². The Labute approximate surface area is 121 Å². The number of hydrogen-bond donors (Lipinski definition) is 1. The van der Waals surface area contributed by atoms with Crippen LogP contribution in [0.1, 0.15) is 38.5 Å². The molecule has 2 saturated carbocycles. The lowest BCUT2D eigenvalue weighted by Gasteiger charge is -2.54. The molecule has 2 atom stereocenters. The van der Waals surface area contributed by atoms with Crippen LogP contribution < -0.4 is 4.74 Å². The van der Waals surface area contributed by atoms with Crippen LogP contribution >= 0.6 is 0 Å². The van der Waals surface area contributed by atoms with E-state index in [2.05, 4.69) is 0 Å². The van der Waals surface area contributed by atoms with Crippen molar-refractivity contribution in [2.45, 2.75) is 50.7 Å². The molecular weight excluding hydrogens is 277 g/mol. The fraction of sp³-hybridized carbons (Fsp3) is 0.600. The van der Waals surface area contributed by atoms with E-state index in [0.717, 1.165) is 50.3 Å². The van der Waals surface area contributed by atoms with Crippen LogP contribution in [-0.2, 0) is 0 Å². The molecule has 0 amide bonds. The molecule has 5 nitrogen and oxygen atoms in total. The van der Waals surface area contributed by atoms with Crippen LogP contribution in [0.5, 0.6) is 5.75 Å². The van der Waals surface area contributed by atoms with Gasteiger partial charge >= 0.3 is 5.69 Å². The molecule has 2 unspecified atom stereocenters. The number of aliphatic hydroxyl groups excluding tert-OH is 1. The van der Waals surface area contributed by atoms with Crippen molar-refractivity contribution in [3.63, 3.8) is 0 Å². The second-order valence-corrected chi connectivity index (χ2v) is 6.02. The Morgan fingerprint density at radius 2 is 2.05 bits per heavy atom. The summed E-state index contributed by atoms with van der Waals surface area (Å²) < 4.78 is 19.1. The van der Waals surface area contributed by atoms with Gasteiger partial charge in [-0.05, 0) is 18.9 Å². The van der Waals surface area contributed by atoms with E-state index in [9.17, 15) is 19.6 Å². The van der Waals surface area contributed by atoms with Gasteiger partial charge in [0.2, 0.25) is 0 Å². The molecule has 0 saturated heterocycles. The van der Waals surface area contributed by atoms with Gasteiger partial charge in [0.05, 0.1) is 11.0 Å². The van der Waals surface area contributed by atoms with Gasteiger partial charge in [0.25, 0.3) is 0 Å². The number of nitrogens with zero attached hydrogens (tertiary/aromatic N) is 1. The van der Waals surface area contributed by atoms with Gasteiger partial charge in [0.15, 0.2) is 5.75 Å². The van der Waals surface area contributed by atoms with Crippen molar-refractivity contribution in [2.24, 2.45) is 5.41 Å². The summed E-state index contributed by atoms with van der Waals surface area (Å²) in [6.45, 7) is 0. The molecule has 0 bridgehead atoms. The first-order chi connectivity index (χ1) is 10.0. The smallest absolute Gasteiger partial charge is 0.311 e. The quantitative estimate of drug-likeness (QED) is 0.686. The molecule has 21 heavy (non-hydrogen) atoms. The minimum Gasteiger partial charge on any atom is -0.483 e. The molecule has 2 aliphatic carbocycles. The van der Waals surface area contributed by atoms with E-state index in [-0.39, 0.29) is 23.0 Å². The van der Waals surface area contributed by atoms with Gasteiger partial charge in [-0.3, -0.25) is 10.1 Å². The van der Waals surface area contributed by atoms with Crippen LogP contribution in [0.25, 0.3) is 0 Å². The summed E-state index contributed by atoms with van der Waals surface area (Å²) in [7, 11) is 0. The lowest BCUT2D eigenvalue weighted by molar-refractivity contribution is -0.386. The molecule has 0 aliphatic heterocycles. The Hall–Kier alpha value is -1.69. The molecule has 1 spiro atoms. The summed E-state index contributed by atoms with van der Waals surface area (Å²) in [5, 5.41) is 21.1. The van der Waals surface area contributed by atoms with Crippen molar-refractivity contribution >= 4 is 5.69 Å². The maximum Gasteiger partial charge on any atom is 0.311 e. The number of hydrogen-bond acceptors (Lipinski definition) is 4. The Bertz CT molecular complexity index is 557. The molecule has 0 aromatic heterocycles. The Morgan fingerprint density at radius 3 is 2.67 bits per heavy atom. The summed E-state index contributed by atoms with van der Waals surface area (Å²) >= 11 is 0. The van der Waals surface area contributed by atoms with Crippen molar-refractivity contribution in [3.05, 3.63) is 34.1 Å². The molecule has 3 rings (SSSR count). The predicted octanol–water partition coefficient (Wildman–Crippen LogP) is 3.20. The lowest BCUT2D eigenvalue weighted by Crippen LogP contribution is -2.60. The molecule has 2 fully saturated rings. The maximum atomic E-state index is 13.3. The maximum absolute atomic E-state index is 13.3. The summed E-state index contributed by atoms with van der Waals surface area (Å²) in [5.74, 6) is -0.602. The normalized spacial score (nSPS) is 27.1. The zero-order chi connectivity index (χ0) is 15.0. The predicted molar refractivity (Wildman–Crippen MR) is 73.6 cm³/mol. The summed E-state index contributed by atoms with van der Waals surface area (Å²) in [4.78, 5) is 10.4. The SMILES string of the molecule is O=[N+]([O-])c1ccc(F)cc1OC1CC(O)C12CCCCC2. The molecule has 2 aliphatic rings.